The largest absolute Gasteiger partial charge is 0.314 e. The van der Waals surface area contributed by atoms with Crippen molar-refractivity contribution in [2.24, 2.45) is 0 Å². The second-order valence-electron chi connectivity index (χ2n) is 4.31. The van der Waals surface area contributed by atoms with Crippen LogP contribution in [0, 0.1) is 0 Å². The molecule has 0 aromatic heterocycles. The fourth-order valence-corrected chi connectivity index (χ4v) is 5.20. The molecule has 0 aromatic carbocycles. The first-order valence-corrected chi connectivity index (χ1v) is 8.48. The predicted octanol–water partition coefficient (Wildman–Crippen LogP) is 1.31. The molecule has 0 aliphatic heterocycles. The molecule has 1 fully saturated rings. The third kappa shape index (κ3) is 3.69. The highest BCUT2D eigenvalue weighted by Crippen LogP contribution is 2.18. The summed E-state index contributed by atoms with van der Waals surface area (Å²) in [6.07, 6.45) is 5.53. The van der Waals surface area contributed by atoms with Crippen LogP contribution in [-0.4, -0.2) is 27.7 Å². The normalized spacial score (nSPS) is 19.1. The molecule has 0 atom stereocenters. The van der Waals surface area contributed by atoms with Crippen molar-refractivity contribution < 1.29 is 0 Å². The van der Waals surface area contributed by atoms with Crippen molar-refractivity contribution in [2.75, 3.05) is 13.1 Å². The van der Waals surface area contributed by atoms with Gasteiger partial charge in [0.1, 0.15) is 0 Å². The fourth-order valence-electron chi connectivity index (χ4n) is 2.35. The van der Waals surface area contributed by atoms with Crippen molar-refractivity contribution in [3.63, 3.8) is 0 Å². The van der Waals surface area contributed by atoms with E-state index in [-0.39, 0.29) is 0 Å². The lowest BCUT2D eigenvalue weighted by atomic mass is 10.3. The van der Waals surface area contributed by atoms with Crippen LogP contribution in [0.5, 0.6) is 0 Å². The van der Waals surface area contributed by atoms with Gasteiger partial charge in [-0.3, -0.25) is 0 Å². The van der Waals surface area contributed by atoms with Gasteiger partial charge in [-0.25, -0.2) is 0 Å². The average Bonchev–Trinajstić information content (AvgIpc) is 2.57. The molecule has 1 rings (SSSR count). The van der Waals surface area contributed by atoms with Crippen molar-refractivity contribution in [1.29, 1.82) is 0 Å². The summed E-state index contributed by atoms with van der Waals surface area (Å²) < 4.78 is 0. The first-order valence-electron chi connectivity index (χ1n) is 5.98. The van der Waals surface area contributed by atoms with E-state index in [0.717, 1.165) is 19.1 Å². The Balaban J connectivity index is 2.39. The van der Waals surface area contributed by atoms with Gasteiger partial charge in [-0.15, -0.1) is 0 Å². The van der Waals surface area contributed by atoms with Crippen molar-refractivity contribution in [3.05, 3.63) is 0 Å². The zero-order chi connectivity index (χ0) is 10.4. The summed E-state index contributed by atoms with van der Waals surface area (Å²) in [5.74, 6) is 0. The lowest BCUT2D eigenvalue weighted by Crippen LogP contribution is -2.71. The van der Waals surface area contributed by atoms with E-state index in [4.69, 9.17) is 0 Å². The van der Waals surface area contributed by atoms with Crippen LogP contribution in [0.2, 0.25) is 6.55 Å². The Morgan fingerprint density at radius 2 is 1.57 bits per heavy atom. The first kappa shape index (κ1) is 12.2. The van der Waals surface area contributed by atoms with Gasteiger partial charge in [0.25, 0.3) is 8.56 Å². The number of nitrogens with one attached hydrogen (secondary N) is 3. The molecule has 4 heteroatoms. The topological polar surface area (TPSA) is 36.1 Å². The van der Waals surface area contributed by atoms with Crippen LogP contribution in [0.3, 0.4) is 0 Å². The van der Waals surface area contributed by atoms with Crippen LogP contribution in [0.1, 0.15) is 39.5 Å². The van der Waals surface area contributed by atoms with Crippen LogP contribution in [0.25, 0.3) is 0 Å². The fraction of sp³-hybridized carbons (Fsp3) is 1.00. The molecule has 0 heterocycles. The molecule has 0 saturated heterocycles. The smallest absolute Gasteiger partial charge is 0.278 e. The van der Waals surface area contributed by atoms with Crippen LogP contribution in [0.4, 0.5) is 0 Å². The molecule has 0 amide bonds. The predicted molar refractivity (Wildman–Crippen MR) is 64.4 cm³/mol. The van der Waals surface area contributed by atoms with Crippen LogP contribution < -0.4 is 14.9 Å². The summed E-state index contributed by atoms with van der Waals surface area (Å²) in [5, 5.41) is 0. The van der Waals surface area contributed by atoms with Gasteiger partial charge in [0.05, 0.1) is 0 Å². The maximum absolute atomic E-state index is 3.81. The summed E-state index contributed by atoms with van der Waals surface area (Å²) in [4.78, 5) is 11.0. The molecule has 0 radical (unpaired) electrons. The minimum absolute atomic E-state index is 0.754. The van der Waals surface area contributed by atoms with Crippen molar-refractivity contribution in [3.8, 4) is 0 Å². The molecule has 84 valence electrons. The SMILES string of the molecule is CCN[Si](C)(NCC)NC1CCCC1. The Morgan fingerprint density at radius 3 is 2.00 bits per heavy atom. The van der Waals surface area contributed by atoms with E-state index in [1.807, 2.05) is 0 Å². The van der Waals surface area contributed by atoms with E-state index in [0.29, 0.717) is 0 Å². The van der Waals surface area contributed by atoms with E-state index < -0.39 is 8.56 Å². The van der Waals surface area contributed by atoms with E-state index in [1.54, 1.807) is 0 Å². The van der Waals surface area contributed by atoms with Gasteiger partial charge in [-0.2, -0.15) is 0 Å². The average molecular weight is 215 g/mol. The van der Waals surface area contributed by atoms with Crippen LogP contribution >= 0.6 is 0 Å². The highest BCUT2D eigenvalue weighted by molar-refractivity contribution is 6.71. The summed E-state index contributed by atoms with van der Waals surface area (Å²) in [6.45, 7) is 8.79. The quantitative estimate of drug-likeness (QED) is 0.585. The minimum atomic E-state index is -1.56. The monoisotopic (exact) mass is 215 g/mol. The van der Waals surface area contributed by atoms with Gasteiger partial charge in [0.2, 0.25) is 0 Å². The summed E-state index contributed by atoms with van der Waals surface area (Å²) in [5.41, 5.74) is 0. The molecule has 14 heavy (non-hydrogen) atoms. The van der Waals surface area contributed by atoms with Crippen molar-refractivity contribution in [2.45, 2.75) is 52.1 Å². The molecular formula is C10H25N3Si. The zero-order valence-corrected chi connectivity index (χ0v) is 10.8. The lowest BCUT2D eigenvalue weighted by molar-refractivity contribution is 0.603. The Labute approximate surface area is 89.3 Å². The number of hydrogen-bond acceptors (Lipinski definition) is 3. The zero-order valence-electron chi connectivity index (χ0n) is 9.82. The molecule has 0 bridgehead atoms. The van der Waals surface area contributed by atoms with Crippen LogP contribution in [-0.2, 0) is 0 Å². The Morgan fingerprint density at radius 1 is 1.07 bits per heavy atom. The summed E-state index contributed by atoms with van der Waals surface area (Å²) in [7, 11) is -1.56. The van der Waals surface area contributed by atoms with E-state index in [9.17, 15) is 0 Å². The van der Waals surface area contributed by atoms with Crippen molar-refractivity contribution in [1.82, 2.24) is 14.9 Å². The maximum atomic E-state index is 3.81. The molecule has 0 spiro atoms. The minimum Gasteiger partial charge on any atom is -0.314 e. The van der Waals surface area contributed by atoms with E-state index >= 15 is 0 Å². The number of hydrogen-bond donors (Lipinski definition) is 3. The second-order valence-corrected chi connectivity index (χ2v) is 7.56. The van der Waals surface area contributed by atoms with Gasteiger partial charge in [0.15, 0.2) is 0 Å². The van der Waals surface area contributed by atoms with E-state index in [2.05, 4.69) is 35.3 Å². The standard InChI is InChI=1S/C10H25N3Si/c1-4-11-14(3,12-5-2)13-10-8-6-7-9-10/h10-13H,4-9H2,1-3H3. The molecule has 3 N–H and O–H groups in total. The molecule has 0 aromatic rings. The molecule has 3 nitrogen and oxygen atoms in total. The summed E-state index contributed by atoms with van der Waals surface area (Å²) in [6, 6.07) is 0.754. The van der Waals surface area contributed by atoms with Gasteiger partial charge in [-0.05, 0) is 32.5 Å². The molecule has 1 saturated carbocycles. The first-order chi connectivity index (χ1) is 6.70. The third-order valence-electron chi connectivity index (χ3n) is 2.91. The maximum Gasteiger partial charge on any atom is 0.278 e. The third-order valence-corrected chi connectivity index (χ3v) is 6.02. The summed E-state index contributed by atoms with van der Waals surface area (Å²) >= 11 is 0. The van der Waals surface area contributed by atoms with Gasteiger partial charge in [-0.1, -0.05) is 26.7 Å². The molecule has 0 unspecified atom stereocenters. The second kappa shape index (κ2) is 5.85. The Hall–Kier alpha value is 0.0969. The van der Waals surface area contributed by atoms with Gasteiger partial charge in [0, 0.05) is 6.04 Å². The van der Waals surface area contributed by atoms with Gasteiger partial charge < -0.3 is 14.9 Å². The Bertz CT molecular complexity index is 151. The lowest BCUT2D eigenvalue weighted by Gasteiger charge is -2.32. The highest BCUT2D eigenvalue weighted by atomic mass is 28.4. The Kier molecular flexibility index (Phi) is 5.09. The van der Waals surface area contributed by atoms with Gasteiger partial charge >= 0.3 is 0 Å². The molecule has 1 aliphatic rings. The molecular weight excluding hydrogens is 190 g/mol. The highest BCUT2D eigenvalue weighted by Gasteiger charge is 2.30. The van der Waals surface area contributed by atoms with Crippen LogP contribution in [0.15, 0.2) is 0 Å². The van der Waals surface area contributed by atoms with Crippen molar-refractivity contribution >= 4 is 8.56 Å². The molecule has 1 aliphatic carbocycles. The van der Waals surface area contributed by atoms with E-state index in [1.165, 1.54) is 25.7 Å². The number of rotatable bonds is 6.